The molecule has 0 unspecified atom stereocenters. The van der Waals surface area contributed by atoms with Crippen molar-refractivity contribution in [3.05, 3.63) is 99.9 Å². The summed E-state index contributed by atoms with van der Waals surface area (Å²) in [5, 5.41) is 13.8. The van der Waals surface area contributed by atoms with Crippen molar-refractivity contribution in [3.63, 3.8) is 0 Å². The number of hydrogen-bond acceptors (Lipinski definition) is 8. The number of pyridine rings is 2. The lowest BCUT2D eigenvalue weighted by molar-refractivity contribution is 0.0951. The van der Waals surface area contributed by atoms with Gasteiger partial charge in [-0.15, -0.1) is 0 Å². The number of aromatic hydroxyl groups is 1. The Kier molecular flexibility index (Phi) is 7.26. The summed E-state index contributed by atoms with van der Waals surface area (Å²) in [6.07, 6.45) is 3.44. The molecule has 3 heterocycles. The van der Waals surface area contributed by atoms with Crippen LogP contribution < -0.4 is 16.7 Å². The minimum absolute atomic E-state index is 0.0111. The molecule has 0 saturated heterocycles. The first kappa shape index (κ1) is 23.1. The van der Waals surface area contributed by atoms with E-state index in [-0.39, 0.29) is 36.5 Å². The van der Waals surface area contributed by atoms with E-state index in [4.69, 9.17) is 10.2 Å². The lowest BCUT2D eigenvalue weighted by atomic mass is 10.1. The molecule has 0 aliphatic rings. The third-order valence-corrected chi connectivity index (χ3v) is 5.26. The van der Waals surface area contributed by atoms with Crippen LogP contribution in [0.1, 0.15) is 27.3 Å². The molecular weight excluding hydrogens is 434 g/mol. The van der Waals surface area contributed by atoms with Crippen LogP contribution >= 0.6 is 0 Å². The summed E-state index contributed by atoms with van der Waals surface area (Å²) in [6.45, 7) is 1.73. The van der Waals surface area contributed by atoms with Gasteiger partial charge in [0, 0.05) is 50.5 Å². The highest BCUT2D eigenvalue weighted by Gasteiger charge is 2.19. The van der Waals surface area contributed by atoms with Gasteiger partial charge in [-0.05, 0) is 42.5 Å². The van der Waals surface area contributed by atoms with Crippen molar-refractivity contribution in [1.82, 2.24) is 20.2 Å². The predicted octanol–water partition coefficient (Wildman–Crippen LogP) is 2.18. The minimum atomic E-state index is -0.783. The number of phenolic OH excluding ortho intramolecular Hbond substituents is 1. The van der Waals surface area contributed by atoms with Crippen molar-refractivity contribution in [1.29, 1.82) is 0 Å². The number of rotatable bonds is 9. The third kappa shape index (κ3) is 5.45. The monoisotopic (exact) mass is 459 g/mol. The molecule has 0 bridgehead atoms. The summed E-state index contributed by atoms with van der Waals surface area (Å²) in [5.74, 6) is -0.564. The van der Waals surface area contributed by atoms with Gasteiger partial charge in [-0.2, -0.15) is 0 Å². The second-order valence-corrected chi connectivity index (χ2v) is 7.76. The fourth-order valence-corrected chi connectivity index (χ4v) is 3.66. The third-order valence-electron chi connectivity index (χ3n) is 5.26. The minimum Gasteiger partial charge on any atom is -0.507 e. The van der Waals surface area contributed by atoms with Crippen LogP contribution in [0.3, 0.4) is 0 Å². The molecule has 0 spiro atoms. The van der Waals surface area contributed by atoms with Crippen LogP contribution in [-0.2, 0) is 19.6 Å². The normalized spacial score (nSPS) is 11.1. The molecule has 1 amide bonds. The number of fused-ring (bicyclic) bond motifs is 1. The van der Waals surface area contributed by atoms with Crippen LogP contribution in [0.5, 0.6) is 5.75 Å². The first-order chi connectivity index (χ1) is 16.5. The van der Waals surface area contributed by atoms with Gasteiger partial charge in [0.05, 0.1) is 17.0 Å². The average molecular weight is 460 g/mol. The van der Waals surface area contributed by atoms with E-state index in [2.05, 4.69) is 15.3 Å². The Hall–Kier alpha value is -4.08. The Morgan fingerprint density at radius 1 is 1.00 bits per heavy atom. The van der Waals surface area contributed by atoms with Crippen molar-refractivity contribution < 1.29 is 14.3 Å². The van der Waals surface area contributed by atoms with Crippen molar-refractivity contribution in [2.45, 2.75) is 19.6 Å². The van der Waals surface area contributed by atoms with E-state index in [1.165, 1.54) is 12.1 Å². The molecule has 34 heavy (non-hydrogen) atoms. The molecule has 0 atom stereocenters. The summed E-state index contributed by atoms with van der Waals surface area (Å²) in [5.41, 5.74) is 6.88. The molecule has 0 aliphatic carbocycles. The lowest BCUT2D eigenvalue weighted by Crippen LogP contribution is -2.32. The molecule has 9 nitrogen and oxygen atoms in total. The van der Waals surface area contributed by atoms with Gasteiger partial charge in [0.2, 0.25) is 0 Å². The number of benzene rings is 1. The van der Waals surface area contributed by atoms with E-state index in [0.29, 0.717) is 24.0 Å². The predicted molar refractivity (Wildman–Crippen MR) is 127 cm³/mol. The Labute approximate surface area is 195 Å². The highest BCUT2D eigenvalue weighted by molar-refractivity contribution is 5.97. The standard InChI is InChI=1S/C25H25N5O4/c26-9-12-29-24(32)20-13-17-7-8-22(31)21(23(17)34-25(20)33)16-30(14-18-5-1-3-10-27-18)15-19-6-2-4-11-28-19/h1-8,10-11,13,31H,9,12,14-16,26H2,(H,29,32). The Bertz CT molecular complexity index is 1280. The van der Waals surface area contributed by atoms with Crippen LogP contribution in [0.15, 0.2) is 76.2 Å². The number of nitrogens with two attached hydrogens (primary N) is 1. The van der Waals surface area contributed by atoms with Crippen molar-refractivity contribution in [2.75, 3.05) is 13.1 Å². The first-order valence-electron chi connectivity index (χ1n) is 10.8. The van der Waals surface area contributed by atoms with Crippen LogP contribution in [0, 0.1) is 0 Å². The van der Waals surface area contributed by atoms with Crippen molar-refractivity contribution in [3.8, 4) is 5.75 Å². The molecule has 4 N–H and O–H groups in total. The highest BCUT2D eigenvalue weighted by Crippen LogP contribution is 2.29. The number of carbonyl (C=O) groups excluding carboxylic acids is 1. The van der Waals surface area contributed by atoms with Crippen LogP contribution in [0.4, 0.5) is 0 Å². The molecular formula is C25H25N5O4. The van der Waals surface area contributed by atoms with E-state index >= 15 is 0 Å². The zero-order valence-corrected chi connectivity index (χ0v) is 18.5. The topological polar surface area (TPSA) is 135 Å². The number of carbonyl (C=O) groups is 1. The smallest absolute Gasteiger partial charge is 0.349 e. The molecule has 9 heteroatoms. The zero-order valence-electron chi connectivity index (χ0n) is 18.5. The van der Waals surface area contributed by atoms with Crippen LogP contribution in [-0.4, -0.2) is 39.0 Å². The fraction of sp³-hybridized carbons (Fsp3) is 0.200. The van der Waals surface area contributed by atoms with Gasteiger partial charge < -0.3 is 20.6 Å². The largest absolute Gasteiger partial charge is 0.507 e. The molecule has 3 aromatic heterocycles. The Morgan fingerprint density at radius 2 is 1.68 bits per heavy atom. The van der Waals surface area contributed by atoms with E-state index in [9.17, 15) is 14.7 Å². The highest BCUT2D eigenvalue weighted by atomic mass is 16.4. The van der Waals surface area contributed by atoms with Gasteiger partial charge in [0.15, 0.2) is 0 Å². The van der Waals surface area contributed by atoms with E-state index in [1.54, 1.807) is 18.5 Å². The summed E-state index contributed by atoms with van der Waals surface area (Å²) in [4.78, 5) is 35.8. The molecule has 1 aromatic carbocycles. The average Bonchev–Trinajstić information content (AvgIpc) is 2.85. The van der Waals surface area contributed by atoms with E-state index in [0.717, 1.165) is 11.4 Å². The Balaban J connectivity index is 1.70. The number of nitrogens with zero attached hydrogens (tertiary/aromatic N) is 3. The maximum Gasteiger partial charge on any atom is 0.349 e. The summed E-state index contributed by atoms with van der Waals surface area (Å²) in [6, 6.07) is 16.0. The molecule has 0 fully saturated rings. The van der Waals surface area contributed by atoms with Crippen LogP contribution in [0.25, 0.3) is 11.0 Å². The summed E-state index contributed by atoms with van der Waals surface area (Å²) >= 11 is 0. The lowest BCUT2D eigenvalue weighted by Gasteiger charge is -2.22. The fourth-order valence-electron chi connectivity index (χ4n) is 3.66. The van der Waals surface area contributed by atoms with Crippen molar-refractivity contribution >= 4 is 16.9 Å². The summed E-state index contributed by atoms with van der Waals surface area (Å²) < 4.78 is 5.54. The summed E-state index contributed by atoms with van der Waals surface area (Å²) in [7, 11) is 0. The van der Waals surface area contributed by atoms with Gasteiger partial charge in [-0.1, -0.05) is 12.1 Å². The van der Waals surface area contributed by atoms with Crippen molar-refractivity contribution in [2.24, 2.45) is 5.73 Å². The maximum atomic E-state index is 12.6. The van der Waals surface area contributed by atoms with Gasteiger partial charge in [0.1, 0.15) is 16.9 Å². The second kappa shape index (κ2) is 10.7. The molecule has 0 saturated carbocycles. The first-order valence-corrected chi connectivity index (χ1v) is 10.8. The molecule has 0 radical (unpaired) electrons. The molecule has 174 valence electrons. The number of nitrogens with one attached hydrogen (secondary N) is 1. The zero-order chi connectivity index (χ0) is 23.9. The number of phenols is 1. The molecule has 4 rings (SSSR count). The van der Waals surface area contributed by atoms with Gasteiger partial charge in [-0.3, -0.25) is 19.7 Å². The number of aromatic nitrogens is 2. The maximum absolute atomic E-state index is 12.6. The quantitative estimate of drug-likeness (QED) is 0.324. The molecule has 0 aliphatic heterocycles. The van der Waals surface area contributed by atoms with Gasteiger partial charge in [0.25, 0.3) is 5.91 Å². The second-order valence-electron chi connectivity index (χ2n) is 7.76. The van der Waals surface area contributed by atoms with Gasteiger partial charge in [-0.25, -0.2) is 4.79 Å². The van der Waals surface area contributed by atoms with Gasteiger partial charge >= 0.3 is 5.63 Å². The molecule has 4 aromatic rings. The number of amides is 1. The SMILES string of the molecule is NCCNC(=O)c1cc2ccc(O)c(CN(Cc3ccccn3)Cc3ccccn3)c2oc1=O. The van der Waals surface area contributed by atoms with Crippen LogP contribution in [0.2, 0.25) is 0 Å². The number of hydrogen-bond donors (Lipinski definition) is 3. The van der Waals surface area contributed by atoms with E-state index in [1.807, 2.05) is 41.3 Å². The Morgan fingerprint density at radius 3 is 2.26 bits per heavy atom. The van der Waals surface area contributed by atoms with E-state index < -0.39 is 11.5 Å².